The number of amides is 1. The minimum atomic E-state index is -0.299. The van der Waals surface area contributed by atoms with Crippen molar-refractivity contribution in [3.8, 4) is 11.5 Å². The Labute approximate surface area is 158 Å². The molecule has 3 heterocycles. The SMILES string of the molecule is O=C(c1ccc2c(c1)OCO2)N1CCN(c2nc3c(F)cccc3s2)CC1. The van der Waals surface area contributed by atoms with Gasteiger partial charge in [-0.05, 0) is 30.3 Å². The summed E-state index contributed by atoms with van der Waals surface area (Å²) >= 11 is 1.48. The molecular weight excluding hydrogens is 369 g/mol. The number of aromatic nitrogens is 1. The average Bonchev–Trinajstić information content (AvgIpc) is 3.34. The van der Waals surface area contributed by atoms with Crippen LogP contribution in [0, 0.1) is 5.82 Å². The second kappa shape index (κ2) is 6.38. The molecule has 3 aromatic rings. The van der Waals surface area contributed by atoms with Crippen LogP contribution in [0.25, 0.3) is 10.2 Å². The fourth-order valence-corrected chi connectivity index (χ4v) is 4.38. The highest BCUT2D eigenvalue weighted by atomic mass is 32.1. The molecule has 0 atom stereocenters. The number of hydrogen-bond donors (Lipinski definition) is 0. The van der Waals surface area contributed by atoms with E-state index in [1.165, 1.54) is 17.4 Å². The highest BCUT2D eigenvalue weighted by Gasteiger charge is 2.25. The maximum atomic E-state index is 13.9. The number of hydrogen-bond acceptors (Lipinski definition) is 6. The van der Waals surface area contributed by atoms with Crippen LogP contribution in [0.5, 0.6) is 11.5 Å². The van der Waals surface area contributed by atoms with Gasteiger partial charge in [-0.3, -0.25) is 4.79 Å². The smallest absolute Gasteiger partial charge is 0.254 e. The summed E-state index contributed by atoms with van der Waals surface area (Å²) in [5.74, 6) is 0.949. The van der Waals surface area contributed by atoms with Gasteiger partial charge >= 0.3 is 0 Å². The quantitative estimate of drug-likeness (QED) is 0.678. The fraction of sp³-hybridized carbons (Fsp3) is 0.263. The van der Waals surface area contributed by atoms with E-state index >= 15 is 0 Å². The van der Waals surface area contributed by atoms with Gasteiger partial charge in [0.05, 0.1) is 4.70 Å². The molecule has 1 saturated heterocycles. The summed E-state index contributed by atoms with van der Waals surface area (Å²) < 4.78 is 25.3. The Morgan fingerprint density at radius 2 is 1.89 bits per heavy atom. The highest BCUT2D eigenvalue weighted by molar-refractivity contribution is 7.22. The van der Waals surface area contributed by atoms with Crippen LogP contribution >= 0.6 is 11.3 Å². The zero-order valence-corrected chi connectivity index (χ0v) is 15.2. The molecular formula is C19H16FN3O3S. The second-order valence-electron chi connectivity index (χ2n) is 6.43. The van der Waals surface area contributed by atoms with Gasteiger partial charge in [0.15, 0.2) is 16.6 Å². The number of ether oxygens (including phenoxy) is 2. The minimum absolute atomic E-state index is 0.0247. The molecule has 0 bridgehead atoms. The number of rotatable bonds is 2. The fourth-order valence-electron chi connectivity index (χ4n) is 3.35. The maximum absolute atomic E-state index is 13.9. The van der Waals surface area contributed by atoms with Crippen molar-refractivity contribution in [2.75, 3.05) is 37.9 Å². The summed E-state index contributed by atoms with van der Waals surface area (Å²) in [5.41, 5.74) is 1.01. The van der Waals surface area contributed by atoms with Crippen molar-refractivity contribution < 1.29 is 18.7 Å². The van der Waals surface area contributed by atoms with E-state index in [4.69, 9.17) is 9.47 Å². The van der Waals surface area contributed by atoms with Crippen molar-refractivity contribution in [1.29, 1.82) is 0 Å². The highest BCUT2D eigenvalue weighted by Crippen LogP contribution is 2.33. The van der Waals surface area contributed by atoms with Crippen molar-refractivity contribution in [3.05, 3.63) is 47.8 Å². The number of carbonyl (C=O) groups excluding carboxylic acids is 1. The lowest BCUT2D eigenvalue weighted by Gasteiger charge is -2.34. The molecule has 6 nitrogen and oxygen atoms in total. The lowest BCUT2D eigenvalue weighted by Crippen LogP contribution is -2.48. The molecule has 0 spiro atoms. The average molecular weight is 385 g/mol. The number of thiazole rings is 1. The van der Waals surface area contributed by atoms with Crippen LogP contribution in [0.2, 0.25) is 0 Å². The molecule has 1 amide bonds. The Bertz CT molecular complexity index is 1030. The van der Waals surface area contributed by atoms with Gasteiger partial charge in [-0.1, -0.05) is 17.4 Å². The Hall–Kier alpha value is -2.87. The first kappa shape index (κ1) is 16.3. The normalized spacial score (nSPS) is 16.2. The number of para-hydroxylation sites is 1. The summed E-state index contributed by atoms with van der Waals surface area (Å²) in [7, 11) is 0. The van der Waals surface area contributed by atoms with Crippen LogP contribution in [0.1, 0.15) is 10.4 Å². The van der Waals surface area contributed by atoms with E-state index in [1.54, 1.807) is 24.3 Å². The molecule has 5 rings (SSSR count). The summed E-state index contributed by atoms with van der Waals surface area (Å²) in [6.45, 7) is 2.70. The van der Waals surface area contributed by atoms with Crippen LogP contribution in [0.3, 0.4) is 0 Å². The largest absolute Gasteiger partial charge is 0.454 e. The predicted molar refractivity (Wildman–Crippen MR) is 100 cm³/mol. The Kier molecular flexibility index (Phi) is 3.86. The van der Waals surface area contributed by atoms with Crippen molar-refractivity contribution in [2.45, 2.75) is 0 Å². The van der Waals surface area contributed by atoms with E-state index in [9.17, 15) is 9.18 Å². The van der Waals surface area contributed by atoms with Gasteiger partial charge in [-0.15, -0.1) is 0 Å². The predicted octanol–water partition coefficient (Wildman–Crippen LogP) is 3.13. The van der Waals surface area contributed by atoms with E-state index in [2.05, 4.69) is 9.88 Å². The van der Waals surface area contributed by atoms with E-state index in [-0.39, 0.29) is 18.5 Å². The van der Waals surface area contributed by atoms with Crippen molar-refractivity contribution in [1.82, 2.24) is 9.88 Å². The maximum Gasteiger partial charge on any atom is 0.254 e. The first-order valence-corrected chi connectivity index (χ1v) is 9.49. The van der Waals surface area contributed by atoms with Gasteiger partial charge in [0.25, 0.3) is 5.91 Å². The summed E-state index contributed by atoms with van der Waals surface area (Å²) in [6, 6.07) is 10.3. The second-order valence-corrected chi connectivity index (χ2v) is 7.44. The minimum Gasteiger partial charge on any atom is -0.454 e. The Morgan fingerprint density at radius 1 is 1.07 bits per heavy atom. The lowest BCUT2D eigenvalue weighted by atomic mass is 10.1. The molecule has 2 aliphatic rings. The number of fused-ring (bicyclic) bond motifs is 2. The van der Waals surface area contributed by atoms with Crippen molar-refractivity contribution in [3.63, 3.8) is 0 Å². The van der Waals surface area contributed by atoms with Crippen LogP contribution in [0.4, 0.5) is 9.52 Å². The molecule has 8 heteroatoms. The number of benzene rings is 2. The topological polar surface area (TPSA) is 54.9 Å². The number of nitrogens with zero attached hydrogens (tertiary/aromatic N) is 3. The van der Waals surface area contributed by atoms with Gasteiger partial charge in [0, 0.05) is 31.7 Å². The van der Waals surface area contributed by atoms with Crippen LogP contribution in [-0.4, -0.2) is 48.8 Å². The van der Waals surface area contributed by atoms with Crippen LogP contribution in [-0.2, 0) is 0 Å². The van der Waals surface area contributed by atoms with Gasteiger partial charge in [0.1, 0.15) is 11.3 Å². The number of piperazine rings is 1. The van der Waals surface area contributed by atoms with E-state index in [0.717, 1.165) is 9.83 Å². The molecule has 0 radical (unpaired) electrons. The molecule has 0 unspecified atom stereocenters. The number of carbonyl (C=O) groups is 1. The zero-order valence-electron chi connectivity index (χ0n) is 14.4. The van der Waals surface area contributed by atoms with Gasteiger partial charge < -0.3 is 19.3 Å². The Balaban J connectivity index is 1.29. The summed E-state index contributed by atoms with van der Waals surface area (Å²) in [4.78, 5) is 21.1. The first-order chi connectivity index (χ1) is 13.2. The lowest BCUT2D eigenvalue weighted by molar-refractivity contribution is 0.0746. The van der Waals surface area contributed by atoms with Crippen LogP contribution < -0.4 is 14.4 Å². The van der Waals surface area contributed by atoms with E-state index in [1.807, 2.05) is 11.0 Å². The first-order valence-electron chi connectivity index (χ1n) is 8.68. The summed E-state index contributed by atoms with van der Waals surface area (Å²) in [5, 5.41) is 0.797. The molecule has 0 N–H and O–H groups in total. The zero-order chi connectivity index (χ0) is 18.4. The molecule has 2 aromatic carbocycles. The third-order valence-corrected chi connectivity index (χ3v) is 5.90. The third kappa shape index (κ3) is 2.86. The van der Waals surface area contributed by atoms with Gasteiger partial charge in [0.2, 0.25) is 6.79 Å². The number of halogens is 1. The van der Waals surface area contributed by atoms with Crippen molar-refractivity contribution >= 4 is 32.6 Å². The molecule has 0 saturated carbocycles. The molecule has 2 aliphatic heterocycles. The summed E-state index contributed by atoms with van der Waals surface area (Å²) in [6.07, 6.45) is 0. The Morgan fingerprint density at radius 3 is 2.70 bits per heavy atom. The monoisotopic (exact) mass is 385 g/mol. The van der Waals surface area contributed by atoms with E-state index < -0.39 is 0 Å². The number of anilines is 1. The molecule has 1 aromatic heterocycles. The van der Waals surface area contributed by atoms with Gasteiger partial charge in [-0.25, -0.2) is 9.37 Å². The molecule has 138 valence electrons. The standard InChI is InChI=1S/C19H16FN3O3S/c20-13-2-1-3-16-17(13)21-19(27-16)23-8-6-22(7-9-23)18(24)12-4-5-14-15(10-12)26-11-25-14/h1-5,10H,6-9,11H2. The van der Waals surface area contributed by atoms with Crippen molar-refractivity contribution in [2.24, 2.45) is 0 Å². The molecule has 27 heavy (non-hydrogen) atoms. The van der Waals surface area contributed by atoms with Gasteiger partial charge in [-0.2, -0.15) is 0 Å². The molecule has 0 aliphatic carbocycles. The molecule has 1 fully saturated rings. The third-order valence-electron chi connectivity index (χ3n) is 4.82. The van der Waals surface area contributed by atoms with Crippen LogP contribution in [0.15, 0.2) is 36.4 Å². The van der Waals surface area contributed by atoms with E-state index in [0.29, 0.717) is 48.8 Å².